The molecular formula is C11H20NiO3. The van der Waals surface area contributed by atoms with Crippen molar-refractivity contribution in [3.63, 3.8) is 0 Å². The van der Waals surface area contributed by atoms with Crippen LogP contribution in [0.25, 0.3) is 0 Å². The van der Waals surface area contributed by atoms with Crippen molar-refractivity contribution in [1.82, 2.24) is 0 Å². The molecule has 92 valence electrons. The van der Waals surface area contributed by atoms with Gasteiger partial charge in [0, 0.05) is 35.1 Å². The fraction of sp³-hybridized carbons (Fsp3) is 0.727. The van der Waals surface area contributed by atoms with Crippen LogP contribution in [0.2, 0.25) is 0 Å². The fourth-order valence-electron chi connectivity index (χ4n) is 0.940. The third-order valence-electron chi connectivity index (χ3n) is 2.00. The first-order chi connectivity index (χ1) is 6.32. The van der Waals surface area contributed by atoms with Crippen molar-refractivity contribution < 1.29 is 31.1 Å². The number of carbonyl (C=O) groups is 1. The molecule has 0 aliphatic carbocycles. The standard InChI is InChI=1S/C11H20O3.Ni/c1-6-9(14-5)8(12)7-10(13)11(2,3)4;/h7,9,12H,6H2,1-5H3;/b8-7-;. The number of hydrogen-bond acceptors (Lipinski definition) is 3. The minimum Gasteiger partial charge on any atom is -0.509 e. The van der Waals surface area contributed by atoms with Gasteiger partial charge in [-0.05, 0) is 6.42 Å². The number of aliphatic hydroxyl groups is 1. The molecule has 0 aromatic carbocycles. The van der Waals surface area contributed by atoms with Crippen LogP contribution < -0.4 is 0 Å². The molecule has 1 N–H and O–H groups in total. The van der Waals surface area contributed by atoms with Gasteiger partial charge in [0.1, 0.15) is 11.9 Å². The molecular weight excluding hydrogens is 239 g/mol. The van der Waals surface area contributed by atoms with E-state index in [9.17, 15) is 9.90 Å². The van der Waals surface area contributed by atoms with Crippen LogP contribution in [-0.2, 0) is 26.0 Å². The number of allylic oxidation sites excluding steroid dienone is 1. The van der Waals surface area contributed by atoms with Gasteiger partial charge in [0.15, 0.2) is 5.78 Å². The van der Waals surface area contributed by atoms with Crippen LogP contribution in [0.3, 0.4) is 0 Å². The predicted molar refractivity (Wildman–Crippen MR) is 56.3 cm³/mol. The summed E-state index contributed by atoms with van der Waals surface area (Å²) in [6.45, 7) is 7.33. The zero-order valence-corrected chi connectivity index (χ0v) is 10.9. The van der Waals surface area contributed by atoms with Crippen LogP contribution in [0, 0.1) is 5.41 Å². The van der Waals surface area contributed by atoms with Crippen molar-refractivity contribution in [3.8, 4) is 0 Å². The largest absolute Gasteiger partial charge is 0.509 e. The molecule has 0 radical (unpaired) electrons. The molecule has 15 heavy (non-hydrogen) atoms. The Morgan fingerprint density at radius 3 is 2.20 bits per heavy atom. The van der Waals surface area contributed by atoms with Crippen molar-refractivity contribution in [1.29, 1.82) is 0 Å². The summed E-state index contributed by atoms with van der Waals surface area (Å²) in [5.74, 6) is -0.0829. The fourth-order valence-corrected chi connectivity index (χ4v) is 0.940. The first kappa shape index (κ1) is 17.1. The molecule has 0 aliphatic rings. The molecule has 0 aromatic heterocycles. The summed E-state index contributed by atoms with van der Waals surface area (Å²) in [6, 6.07) is 0. The molecule has 0 aliphatic heterocycles. The average molecular weight is 259 g/mol. The van der Waals surface area contributed by atoms with Crippen LogP contribution in [-0.4, -0.2) is 24.1 Å². The molecule has 0 saturated heterocycles. The van der Waals surface area contributed by atoms with E-state index < -0.39 is 5.41 Å². The number of rotatable bonds is 4. The smallest absolute Gasteiger partial charge is 0.164 e. The summed E-state index contributed by atoms with van der Waals surface area (Å²) in [5.41, 5.74) is -0.458. The van der Waals surface area contributed by atoms with Gasteiger partial charge < -0.3 is 9.84 Å². The zero-order chi connectivity index (χ0) is 11.4. The van der Waals surface area contributed by atoms with Gasteiger partial charge in [0.2, 0.25) is 0 Å². The average Bonchev–Trinajstić information content (AvgIpc) is 2.04. The Morgan fingerprint density at radius 1 is 1.47 bits per heavy atom. The maximum atomic E-state index is 11.5. The van der Waals surface area contributed by atoms with Gasteiger partial charge in [-0.3, -0.25) is 4.79 Å². The van der Waals surface area contributed by atoms with E-state index in [4.69, 9.17) is 4.74 Å². The molecule has 0 fully saturated rings. The number of carbonyl (C=O) groups excluding carboxylic acids is 1. The molecule has 0 bridgehead atoms. The van der Waals surface area contributed by atoms with E-state index in [0.717, 1.165) is 0 Å². The Balaban J connectivity index is 0. The van der Waals surface area contributed by atoms with Crippen LogP contribution in [0.1, 0.15) is 34.1 Å². The summed E-state index contributed by atoms with van der Waals surface area (Å²) in [7, 11) is 1.51. The third-order valence-corrected chi connectivity index (χ3v) is 2.00. The Hall–Kier alpha value is -0.336. The Labute approximate surface area is 102 Å². The summed E-state index contributed by atoms with van der Waals surface area (Å²) in [6.07, 6.45) is 1.54. The number of aliphatic hydroxyl groups excluding tert-OH is 1. The van der Waals surface area contributed by atoms with Gasteiger partial charge in [0.05, 0.1) is 0 Å². The van der Waals surface area contributed by atoms with E-state index in [1.807, 2.05) is 27.7 Å². The summed E-state index contributed by atoms with van der Waals surface area (Å²) in [4.78, 5) is 11.5. The first-order valence-corrected chi connectivity index (χ1v) is 4.80. The molecule has 0 heterocycles. The second kappa shape index (κ2) is 7.02. The van der Waals surface area contributed by atoms with Crippen molar-refractivity contribution in [2.45, 2.75) is 40.2 Å². The summed E-state index contributed by atoms with van der Waals surface area (Å²) >= 11 is 0. The van der Waals surface area contributed by atoms with E-state index >= 15 is 0 Å². The molecule has 1 unspecified atom stereocenters. The van der Waals surface area contributed by atoms with Gasteiger partial charge in [-0.1, -0.05) is 27.7 Å². The monoisotopic (exact) mass is 258 g/mol. The molecule has 4 heteroatoms. The molecule has 0 aromatic rings. The molecule has 0 rings (SSSR count). The van der Waals surface area contributed by atoms with Crippen LogP contribution in [0.5, 0.6) is 0 Å². The van der Waals surface area contributed by atoms with Crippen LogP contribution >= 0.6 is 0 Å². The van der Waals surface area contributed by atoms with Gasteiger partial charge in [0.25, 0.3) is 0 Å². The van der Waals surface area contributed by atoms with Gasteiger partial charge in [-0.25, -0.2) is 0 Å². The van der Waals surface area contributed by atoms with Crippen molar-refractivity contribution in [3.05, 3.63) is 11.8 Å². The number of hydrogen-bond donors (Lipinski definition) is 1. The topological polar surface area (TPSA) is 46.5 Å². The third kappa shape index (κ3) is 5.96. The van der Waals surface area contributed by atoms with Crippen molar-refractivity contribution >= 4 is 5.78 Å². The van der Waals surface area contributed by atoms with Gasteiger partial charge in [-0.2, -0.15) is 0 Å². The second-order valence-corrected chi connectivity index (χ2v) is 4.32. The SMILES string of the molecule is CCC(OC)/C(O)=C/C(=O)C(C)(C)C.[Ni]. The van der Waals surface area contributed by atoms with Gasteiger partial charge >= 0.3 is 0 Å². The minimum absolute atomic E-state index is 0. The van der Waals surface area contributed by atoms with Crippen LogP contribution in [0.15, 0.2) is 11.8 Å². The number of ether oxygens (including phenoxy) is 1. The molecule has 0 amide bonds. The Kier molecular flexibility index (Phi) is 7.99. The van der Waals surface area contributed by atoms with Gasteiger partial charge in [-0.15, -0.1) is 0 Å². The first-order valence-electron chi connectivity index (χ1n) is 4.80. The number of methoxy groups -OCH3 is 1. The van der Waals surface area contributed by atoms with Crippen molar-refractivity contribution in [2.75, 3.05) is 7.11 Å². The molecule has 1 atom stereocenters. The van der Waals surface area contributed by atoms with E-state index in [1.54, 1.807) is 0 Å². The van der Waals surface area contributed by atoms with E-state index in [-0.39, 0.29) is 34.1 Å². The molecule has 3 nitrogen and oxygen atoms in total. The Morgan fingerprint density at radius 2 is 1.93 bits per heavy atom. The minimum atomic E-state index is -0.458. The van der Waals surface area contributed by atoms with Crippen molar-refractivity contribution in [2.24, 2.45) is 5.41 Å². The van der Waals surface area contributed by atoms with Crippen LogP contribution in [0.4, 0.5) is 0 Å². The molecule has 0 saturated carbocycles. The zero-order valence-electron chi connectivity index (χ0n) is 9.94. The summed E-state index contributed by atoms with van der Waals surface area (Å²) in [5, 5.41) is 9.56. The van der Waals surface area contributed by atoms with E-state index in [2.05, 4.69) is 0 Å². The van der Waals surface area contributed by atoms with E-state index in [0.29, 0.717) is 6.42 Å². The summed E-state index contributed by atoms with van der Waals surface area (Å²) < 4.78 is 5.00. The number of ketones is 1. The Bertz CT molecular complexity index is 224. The second-order valence-electron chi connectivity index (χ2n) is 4.32. The molecule has 0 spiro atoms. The maximum absolute atomic E-state index is 11.5. The van der Waals surface area contributed by atoms with E-state index in [1.165, 1.54) is 13.2 Å². The predicted octanol–water partition coefficient (Wildman–Crippen LogP) is 2.47. The maximum Gasteiger partial charge on any atom is 0.164 e. The normalized spacial score (nSPS) is 14.3. The quantitative estimate of drug-likeness (QED) is 0.479.